The first-order valence-corrected chi connectivity index (χ1v) is 9.92. The molecule has 0 spiro atoms. The van der Waals surface area contributed by atoms with Crippen LogP contribution in [0.15, 0.2) is 48.5 Å². The van der Waals surface area contributed by atoms with Gasteiger partial charge in [-0.3, -0.25) is 4.90 Å². The highest BCUT2D eigenvalue weighted by molar-refractivity contribution is 5.76. The summed E-state index contributed by atoms with van der Waals surface area (Å²) in [7, 11) is 1.71. The van der Waals surface area contributed by atoms with Gasteiger partial charge in [0.15, 0.2) is 0 Å². The highest BCUT2D eigenvalue weighted by Gasteiger charge is 2.40. The lowest BCUT2D eigenvalue weighted by molar-refractivity contribution is 0.0832. The average molecular weight is 377 g/mol. The van der Waals surface area contributed by atoms with E-state index in [1.54, 1.807) is 7.11 Å². The molecule has 1 saturated heterocycles. The normalized spacial score (nSPS) is 20.7. The summed E-state index contributed by atoms with van der Waals surface area (Å²) in [6.07, 6.45) is 4.97. The number of ether oxygens (including phenoxy) is 2. The Balaban J connectivity index is 1.51. The molecule has 2 unspecified atom stereocenters. The lowest BCUT2D eigenvalue weighted by Crippen LogP contribution is -2.43. The van der Waals surface area contributed by atoms with Crippen molar-refractivity contribution < 1.29 is 14.3 Å². The number of benzene rings is 2. The summed E-state index contributed by atoms with van der Waals surface area (Å²) < 4.78 is 11.0. The van der Waals surface area contributed by atoms with E-state index in [0.29, 0.717) is 6.61 Å². The third kappa shape index (κ3) is 3.51. The molecule has 2 aliphatic rings. The lowest BCUT2D eigenvalue weighted by atomic mass is 9.91. The van der Waals surface area contributed by atoms with Crippen LogP contribution in [0.4, 0.5) is 4.79 Å². The zero-order chi connectivity index (χ0) is 19.7. The Hall–Kier alpha value is -2.75. The summed E-state index contributed by atoms with van der Waals surface area (Å²) in [5.74, 6) is 0.923. The lowest BCUT2D eigenvalue weighted by Gasteiger charge is -2.33. The van der Waals surface area contributed by atoms with Crippen molar-refractivity contribution in [2.45, 2.75) is 51.8 Å². The van der Waals surface area contributed by atoms with E-state index in [0.717, 1.165) is 36.1 Å². The van der Waals surface area contributed by atoms with Crippen molar-refractivity contribution in [3.63, 3.8) is 0 Å². The molecule has 0 saturated carbocycles. The summed E-state index contributed by atoms with van der Waals surface area (Å²) in [4.78, 5) is 14.7. The average Bonchev–Trinajstić information content (AvgIpc) is 2.98. The summed E-state index contributed by atoms with van der Waals surface area (Å²) in [5, 5.41) is 0. The van der Waals surface area contributed by atoms with Crippen molar-refractivity contribution in [2.75, 3.05) is 7.11 Å². The van der Waals surface area contributed by atoms with Gasteiger partial charge < -0.3 is 9.47 Å². The van der Waals surface area contributed by atoms with Gasteiger partial charge in [-0.05, 0) is 73.1 Å². The van der Waals surface area contributed by atoms with Crippen molar-refractivity contribution in [3.8, 4) is 5.75 Å². The summed E-state index contributed by atoms with van der Waals surface area (Å²) >= 11 is 0. The van der Waals surface area contributed by atoms with Gasteiger partial charge in [-0.15, -0.1) is 0 Å². The molecule has 28 heavy (non-hydrogen) atoms. The maximum Gasteiger partial charge on any atom is 0.410 e. The van der Waals surface area contributed by atoms with Crippen LogP contribution in [0.5, 0.6) is 5.75 Å². The van der Waals surface area contributed by atoms with Gasteiger partial charge in [0.25, 0.3) is 0 Å². The molecule has 4 heteroatoms. The van der Waals surface area contributed by atoms with E-state index in [4.69, 9.17) is 9.47 Å². The quantitative estimate of drug-likeness (QED) is 0.729. The fourth-order valence-corrected chi connectivity index (χ4v) is 4.46. The van der Waals surface area contributed by atoms with Gasteiger partial charge in [-0.25, -0.2) is 4.79 Å². The third-order valence-electron chi connectivity index (χ3n) is 5.90. The number of carbonyl (C=O) groups excluding carboxylic acids is 1. The van der Waals surface area contributed by atoms with Gasteiger partial charge in [0.05, 0.1) is 13.2 Å². The van der Waals surface area contributed by atoms with E-state index in [1.165, 1.54) is 16.7 Å². The Kier molecular flexibility index (Phi) is 5.12. The molecule has 146 valence electrons. The Morgan fingerprint density at radius 3 is 2.61 bits per heavy atom. The molecule has 4 rings (SSSR count). The van der Waals surface area contributed by atoms with Gasteiger partial charge >= 0.3 is 6.09 Å². The van der Waals surface area contributed by atoms with Crippen LogP contribution in [0.1, 0.15) is 41.5 Å². The van der Waals surface area contributed by atoms with Crippen LogP contribution >= 0.6 is 0 Å². The standard InChI is InChI=1S/C24H27NO3/c1-16-12-23(27-3)17(2)11-22(16)19-13-20-9-10-21(14-19)25(20)24(26)28-15-18-7-5-4-6-8-18/h4-8,11-13,20-21H,9-10,14-15H2,1-3H3. The second-order valence-electron chi connectivity index (χ2n) is 7.78. The number of carbonyl (C=O) groups is 1. The zero-order valence-corrected chi connectivity index (χ0v) is 16.8. The van der Waals surface area contributed by atoms with E-state index in [9.17, 15) is 4.79 Å². The second-order valence-corrected chi connectivity index (χ2v) is 7.78. The van der Waals surface area contributed by atoms with Crippen molar-refractivity contribution >= 4 is 11.7 Å². The molecule has 2 heterocycles. The molecule has 1 amide bonds. The van der Waals surface area contributed by atoms with Crippen LogP contribution in [0.2, 0.25) is 0 Å². The fraction of sp³-hybridized carbons (Fsp3) is 0.375. The third-order valence-corrected chi connectivity index (χ3v) is 5.90. The van der Waals surface area contributed by atoms with Crippen molar-refractivity contribution in [1.29, 1.82) is 0 Å². The zero-order valence-electron chi connectivity index (χ0n) is 16.8. The molecule has 2 atom stereocenters. The Labute approximate surface area is 166 Å². The second kappa shape index (κ2) is 7.70. The minimum atomic E-state index is -0.200. The Bertz CT molecular complexity index is 904. The molecular weight excluding hydrogens is 350 g/mol. The van der Waals surface area contributed by atoms with Crippen LogP contribution in [-0.4, -0.2) is 30.2 Å². The first-order valence-electron chi connectivity index (χ1n) is 9.92. The number of amides is 1. The maximum absolute atomic E-state index is 12.7. The van der Waals surface area contributed by atoms with Crippen LogP contribution in [0.25, 0.3) is 5.57 Å². The van der Waals surface area contributed by atoms with Crippen LogP contribution in [0, 0.1) is 13.8 Å². The van der Waals surface area contributed by atoms with Crippen molar-refractivity contribution in [2.24, 2.45) is 0 Å². The highest BCUT2D eigenvalue weighted by atomic mass is 16.6. The predicted octanol–water partition coefficient (Wildman–Crippen LogP) is 5.27. The molecule has 1 fully saturated rings. The Morgan fingerprint density at radius 2 is 1.89 bits per heavy atom. The SMILES string of the molecule is COc1cc(C)c(C2=CC3CCC(C2)N3C(=O)OCc2ccccc2)cc1C. The number of rotatable bonds is 4. The van der Waals surface area contributed by atoms with Gasteiger partial charge in [0.2, 0.25) is 0 Å². The van der Waals surface area contributed by atoms with Crippen molar-refractivity contribution in [3.05, 3.63) is 70.8 Å². The maximum atomic E-state index is 12.7. The van der Waals surface area contributed by atoms with E-state index in [2.05, 4.69) is 32.1 Å². The molecule has 0 radical (unpaired) electrons. The molecule has 2 bridgehead atoms. The smallest absolute Gasteiger partial charge is 0.410 e. The largest absolute Gasteiger partial charge is 0.496 e. The number of hydrogen-bond acceptors (Lipinski definition) is 3. The molecule has 2 aliphatic heterocycles. The minimum absolute atomic E-state index is 0.124. The van der Waals surface area contributed by atoms with Crippen LogP contribution in [0.3, 0.4) is 0 Å². The molecule has 2 aromatic carbocycles. The van der Waals surface area contributed by atoms with Crippen molar-refractivity contribution in [1.82, 2.24) is 4.90 Å². The van der Waals surface area contributed by atoms with Crippen LogP contribution < -0.4 is 4.74 Å². The first-order chi connectivity index (χ1) is 13.6. The van der Waals surface area contributed by atoms with Gasteiger partial charge in [-0.1, -0.05) is 36.4 Å². The number of hydrogen-bond donors (Lipinski definition) is 0. The molecular formula is C24H27NO3. The van der Waals surface area contributed by atoms with Gasteiger partial charge in [-0.2, -0.15) is 0 Å². The van der Waals surface area contributed by atoms with E-state index in [-0.39, 0.29) is 18.2 Å². The highest BCUT2D eigenvalue weighted by Crippen LogP contribution is 2.40. The van der Waals surface area contributed by atoms with Crippen LogP contribution in [-0.2, 0) is 11.3 Å². The van der Waals surface area contributed by atoms with Gasteiger partial charge in [0.1, 0.15) is 12.4 Å². The minimum Gasteiger partial charge on any atom is -0.496 e. The van der Waals surface area contributed by atoms with E-state index < -0.39 is 0 Å². The number of methoxy groups -OCH3 is 1. The number of aryl methyl sites for hydroxylation is 2. The summed E-state index contributed by atoms with van der Waals surface area (Å²) in [6, 6.07) is 14.5. The molecule has 0 aliphatic carbocycles. The topological polar surface area (TPSA) is 38.8 Å². The molecule has 2 aromatic rings. The Morgan fingerprint density at radius 1 is 1.11 bits per heavy atom. The molecule has 4 nitrogen and oxygen atoms in total. The van der Waals surface area contributed by atoms with E-state index >= 15 is 0 Å². The molecule has 0 aromatic heterocycles. The van der Waals surface area contributed by atoms with E-state index in [1.807, 2.05) is 35.2 Å². The van der Waals surface area contributed by atoms with Gasteiger partial charge in [0, 0.05) is 6.04 Å². The number of nitrogens with zero attached hydrogens (tertiary/aromatic N) is 1. The fourth-order valence-electron chi connectivity index (χ4n) is 4.46. The summed E-state index contributed by atoms with van der Waals surface area (Å²) in [6.45, 7) is 4.52. The first kappa shape index (κ1) is 18.6. The summed E-state index contributed by atoms with van der Waals surface area (Å²) in [5.41, 5.74) is 5.98. The molecule has 0 N–H and O–H groups in total. The predicted molar refractivity (Wildman–Crippen MR) is 110 cm³/mol. The monoisotopic (exact) mass is 377 g/mol. The number of fused-ring (bicyclic) bond motifs is 2.